The van der Waals surface area contributed by atoms with Crippen molar-refractivity contribution in [2.24, 2.45) is 0 Å². The second kappa shape index (κ2) is 6.13. The van der Waals surface area contributed by atoms with Crippen LogP contribution in [-0.4, -0.2) is 32.3 Å². The second-order valence-electron chi connectivity index (χ2n) is 2.28. The molecule has 0 aromatic heterocycles. The summed E-state index contributed by atoms with van der Waals surface area (Å²) < 4.78 is 21.5. The van der Waals surface area contributed by atoms with Gasteiger partial charge in [0, 0.05) is 7.05 Å². The van der Waals surface area contributed by atoms with Crippen molar-refractivity contribution in [1.29, 1.82) is 0 Å². The Bertz CT molecular complexity index is 197. The van der Waals surface area contributed by atoms with E-state index in [9.17, 15) is 9.36 Å². The molecule has 0 heterocycles. The monoisotopic (exact) mass is 209 g/mol. The summed E-state index contributed by atoms with van der Waals surface area (Å²) in [5, 5.41) is 2.37. The van der Waals surface area contributed by atoms with Crippen LogP contribution in [0, 0.1) is 0 Å². The van der Waals surface area contributed by atoms with Crippen molar-refractivity contribution < 1.29 is 18.4 Å². The van der Waals surface area contributed by atoms with Crippen molar-refractivity contribution in [3.05, 3.63) is 0 Å². The van der Waals surface area contributed by atoms with Crippen LogP contribution in [0.5, 0.6) is 0 Å². The van der Waals surface area contributed by atoms with Crippen LogP contribution in [0.25, 0.3) is 0 Å². The first-order valence-electron chi connectivity index (χ1n) is 4.16. The molecule has 0 atom stereocenters. The summed E-state index contributed by atoms with van der Waals surface area (Å²) in [6, 6.07) is 0. The molecule has 0 aromatic carbocycles. The Hall–Kier alpha value is -0.380. The van der Waals surface area contributed by atoms with E-state index >= 15 is 0 Å². The summed E-state index contributed by atoms with van der Waals surface area (Å²) in [6.45, 7) is 3.95. The Kier molecular flexibility index (Phi) is 5.95. The molecule has 0 aliphatic carbocycles. The van der Waals surface area contributed by atoms with Gasteiger partial charge in [-0.15, -0.1) is 0 Å². The molecule has 0 bridgehead atoms. The van der Waals surface area contributed by atoms with E-state index in [0.717, 1.165) is 0 Å². The SMILES string of the molecule is CCOP(=O)(CC(=O)NC)OCC. The number of carbonyl (C=O) groups excluding carboxylic acids is 1. The number of rotatable bonds is 6. The number of nitrogens with one attached hydrogen (secondary N) is 1. The van der Waals surface area contributed by atoms with Crippen molar-refractivity contribution in [3.63, 3.8) is 0 Å². The molecule has 6 heteroatoms. The molecule has 0 saturated heterocycles. The fraction of sp³-hybridized carbons (Fsp3) is 0.857. The highest BCUT2D eigenvalue weighted by atomic mass is 31.2. The first-order chi connectivity index (χ1) is 6.08. The van der Waals surface area contributed by atoms with E-state index in [1.54, 1.807) is 13.8 Å². The van der Waals surface area contributed by atoms with Gasteiger partial charge in [0.15, 0.2) is 0 Å². The minimum atomic E-state index is -3.20. The first kappa shape index (κ1) is 12.6. The summed E-state index contributed by atoms with van der Waals surface area (Å²) in [4.78, 5) is 10.9. The average molecular weight is 209 g/mol. The van der Waals surface area contributed by atoms with E-state index in [2.05, 4.69) is 5.32 Å². The van der Waals surface area contributed by atoms with Gasteiger partial charge in [-0.3, -0.25) is 9.36 Å². The summed E-state index contributed by atoms with van der Waals surface area (Å²) in [5.41, 5.74) is 0. The molecule has 0 unspecified atom stereocenters. The van der Waals surface area contributed by atoms with Crippen LogP contribution in [0.1, 0.15) is 13.8 Å². The van der Waals surface area contributed by atoms with Crippen LogP contribution in [0.3, 0.4) is 0 Å². The lowest BCUT2D eigenvalue weighted by Crippen LogP contribution is -2.22. The van der Waals surface area contributed by atoms with Crippen LogP contribution in [-0.2, 0) is 18.4 Å². The topological polar surface area (TPSA) is 64.6 Å². The number of hydrogen-bond donors (Lipinski definition) is 1. The summed E-state index contributed by atoms with van der Waals surface area (Å²) in [5.74, 6) is -0.342. The smallest absolute Gasteiger partial charge is 0.340 e. The van der Waals surface area contributed by atoms with E-state index < -0.39 is 7.60 Å². The van der Waals surface area contributed by atoms with Gasteiger partial charge in [0.25, 0.3) is 0 Å². The van der Waals surface area contributed by atoms with E-state index in [4.69, 9.17) is 9.05 Å². The van der Waals surface area contributed by atoms with Crippen LogP contribution in [0.2, 0.25) is 0 Å². The molecule has 13 heavy (non-hydrogen) atoms. The predicted octanol–water partition coefficient (Wildman–Crippen LogP) is 0.998. The molecule has 0 saturated carbocycles. The maximum atomic E-state index is 11.7. The van der Waals surface area contributed by atoms with Gasteiger partial charge in [-0.2, -0.15) is 0 Å². The van der Waals surface area contributed by atoms with Gasteiger partial charge in [-0.1, -0.05) is 0 Å². The molecule has 1 amide bonds. The highest BCUT2D eigenvalue weighted by Crippen LogP contribution is 2.47. The molecule has 0 aromatic rings. The zero-order chi connectivity index (χ0) is 10.3. The zero-order valence-electron chi connectivity index (χ0n) is 8.20. The average Bonchev–Trinajstić information content (AvgIpc) is 2.04. The maximum absolute atomic E-state index is 11.7. The summed E-state index contributed by atoms with van der Waals surface area (Å²) in [7, 11) is -1.73. The Morgan fingerprint density at radius 1 is 1.31 bits per heavy atom. The van der Waals surface area contributed by atoms with Crippen molar-refractivity contribution >= 4 is 13.5 Å². The van der Waals surface area contributed by atoms with Gasteiger partial charge in [0.2, 0.25) is 5.91 Å². The van der Waals surface area contributed by atoms with Crippen LogP contribution >= 0.6 is 7.60 Å². The highest BCUT2D eigenvalue weighted by Gasteiger charge is 2.26. The highest BCUT2D eigenvalue weighted by molar-refractivity contribution is 7.54. The molecule has 0 aliphatic heterocycles. The van der Waals surface area contributed by atoms with Gasteiger partial charge in [-0.05, 0) is 13.8 Å². The third-order valence-corrected chi connectivity index (χ3v) is 3.25. The molecule has 1 N–H and O–H groups in total. The third kappa shape index (κ3) is 5.03. The minimum absolute atomic E-state index is 0.217. The summed E-state index contributed by atoms with van der Waals surface area (Å²) >= 11 is 0. The second-order valence-corrected chi connectivity index (χ2v) is 4.33. The summed E-state index contributed by atoms with van der Waals surface area (Å²) in [6.07, 6.45) is -0.217. The van der Waals surface area contributed by atoms with Crippen molar-refractivity contribution in [2.45, 2.75) is 13.8 Å². The lowest BCUT2D eigenvalue weighted by Gasteiger charge is -2.15. The quantitative estimate of drug-likeness (QED) is 0.663. The van der Waals surface area contributed by atoms with Crippen LogP contribution in [0.4, 0.5) is 0 Å². The fourth-order valence-corrected chi connectivity index (χ4v) is 2.33. The Morgan fingerprint density at radius 3 is 2.08 bits per heavy atom. The fourth-order valence-electron chi connectivity index (χ4n) is 0.777. The van der Waals surface area contributed by atoms with Gasteiger partial charge < -0.3 is 14.4 Å². The first-order valence-corrected chi connectivity index (χ1v) is 5.89. The van der Waals surface area contributed by atoms with E-state index in [-0.39, 0.29) is 25.3 Å². The lowest BCUT2D eigenvalue weighted by atomic mass is 10.7. The molecule has 0 fully saturated rings. The molecular weight excluding hydrogens is 193 g/mol. The lowest BCUT2D eigenvalue weighted by molar-refractivity contribution is -0.118. The maximum Gasteiger partial charge on any atom is 0.340 e. The molecular formula is C7H16NO4P. The van der Waals surface area contributed by atoms with Gasteiger partial charge in [0.1, 0.15) is 6.16 Å². The molecule has 5 nitrogen and oxygen atoms in total. The van der Waals surface area contributed by atoms with Gasteiger partial charge in [0.05, 0.1) is 13.2 Å². The molecule has 0 aliphatic rings. The van der Waals surface area contributed by atoms with Crippen LogP contribution < -0.4 is 5.32 Å². The predicted molar refractivity (Wildman–Crippen MR) is 49.8 cm³/mol. The largest absolute Gasteiger partial charge is 0.359 e. The Labute approximate surface area is 78.3 Å². The molecule has 78 valence electrons. The van der Waals surface area contributed by atoms with E-state index in [1.807, 2.05) is 0 Å². The standard InChI is InChI=1S/C7H16NO4P/c1-4-11-13(10,12-5-2)6-7(9)8-3/h4-6H2,1-3H3,(H,8,9). The van der Waals surface area contributed by atoms with Crippen molar-refractivity contribution in [2.75, 3.05) is 26.4 Å². The van der Waals surface area contributed by atoms with Crippen molar-refractivity contribution in [3.8, 4) is 0 Å². The molecule has 0 radical (unpaired) electrons. The van der Waals surface area contributed by atoms with E-state index in [0.29, 0.717) is 0 Å². The van der Waals surface area contributed by atoms with Gasteiger partial charge >= 0.3 is 7.60 Å². The Balaban J connectivity index is 4.23. The number of amides is 1. The third-order valence-electron chi connectivity index (χ3n) is 1.27. The van der Waals surface area contributed by atoms with Crippen molar-refractivity contribution in [1.82, 2.24) is 5.32 Å². The normalized spacial score (nSPS) is 11.3. The van der Waals surface area contributed by atoms with Gasteiger partial charge in [-0.25, -0.2) is 0 Å². The van der Waals surface area contributed by atoms with E-state index in [1.165, 1.54) is 7.05 Å². The minimum Gasteiger partial charge on any atom is -0.359 e. The molecule has 0 spiro atoms. The number of carbonyl (C=O) groups is 1. The Morgan fingerprint density at radius 2 is 1.77 bits per heavy atom. The number of hydrogen-bond acceptors (Lipinski definition) is 4. The van der Waals surface area contributed by atoms with Crippen LogP contribution in [0.15, 0.2) is 0 Å². The zero-order valence-corrected chi connectivity index (χ0v) is 9.10. The molecule has 0 rings (SSSR count).